The fraction of sp³-hybridized carbons (Fsp3) is 0.500. The van der Waals surface area contributed by atoms with E-state index >= 15 is 0 Å². The van der Waals surface area contributed by atoms with Crippen LogP contribution in [0.15, 0.2) is 12.1 Å². The molecule has 1 aromatic rings. The Labute approximate surface area is 102 Å². The summed E-state index contributed by atoms with van der Waals surface area (Å²) in [4.78, 5) is 4.29. The van der Waals surface area contributed by atoms with Gasteiger partial charge in [-0.2, -0.15) is 5.26 Å². The maximum atomic E-state index is 8.77. The Morgan fingerprint density at radius 3 is 2.82 bits per heavy atom. The lowest BCUT2D eigenvalue weighted by Gasteiger charge is -2.07. The molecule has 5 heteroatoms. The third-order valence-corrected chi connectivity index (χ3v) is 2.30. The van der Waals surface area contributed by atoms with Gasteiger partial charge >= 0.3 is 0 Å². The fourth-order valence-electron chi connectivity index (χ4n) is 1.36. The summed E-state index contributed by atoms with van der Waals surface area (Å²) in [5.74, 6) is 0.801. The van der Waals surface area contributed by atoms with E-state index in [0.29, 0.717) is 12.2 Å². The van der Waals surface area contributed by atoms with E-state index in [1.54, 1.807) is 13.2 Å². The van der Waals surface area contributed by atoms with Crippen LogP contribution in [0.1, 0.15) is 11.3 Å². The molecule has 0 fully saturated rings. The van der Waals surface area contributed by atoms with Crippen LogP contribution in [0.2, 0.25) is 0 Å². The molecule has 2 N–H and O–H groups in total. The molecule has 5 nitrogen and oxygen atoms in total. The quantitative estimate of drug-likeness (QED) is 0.686. The topological polar surface area (TPSA) is 70.0 Å². The predicted molar refractivity (Wildman–Crippen MR) is 66.9 cm³/mol. The molecule has 0 saturated carbocycles. The van der Waals surface area contributed by atoms with Gasteiger partial charge < -0.3 is 15.4 Å². The van der Waals surface area contributed by atoms with Crippen molar-refractivity contribution in [1.29, 1.82) is 5.26 Å². The second kappa shape index (κ2) is 7.60. The van der Waals surface area contributed by atoms with Gasteiger partial charge in [-0.25, -0.2) is 4.98 Å². The van der Waals surface area contributed by atoms with Gasteiger partial charge in [0.25, 0.3) is 0 Å². The van der Waals surface area contributed by atoms with Gasteiger partial charge in [0.2, 0.25) is 0 Å². The summed E-state index contributed by atoms with van der Waals surface area (Å²) < 4.78 is 4.92. The predicted octanol–water partition coefficient (Wildman–Crippen LogP) is 0.910. The molecule has 1 rings (SSSR count). The second-order valence-corrected chi connectivity index (χ2v) is 3.61. The first-order chi connectivity index (χ1) is 8.27. The Morgan fingerprint density at radius 2 is 2.18 bits per heavy atom. The third kappa shape index (κ3) is 4.81. The Balaban J connectivity index is 2.28. The number of hydrogen-bond donors (Lipinski definition) is 2. The molecule has 0 aliphatic heterocycles. The SMILES string of the molecule is COCCNCCNc1ccc(C#N)c(C)n1. The van der Waals surface area contributed by atoms with Crippen molar-refractivity contribution in [1.82, 2.24) is 10.3 Å². The van der Waals surface area contributed by atoms with Crippen LogP contribution in [-0.2, 0) is 4.74 Å². The maximum Gasteiger partial charge on any atom is 0.126 e. The van der Waals surface area contributed by atoms with Crippen molar-refractivity contribution in [2.24, 2.45) is 0 Å². The molecule has 0 aliphatic rings. The summed E-state index contributed by atoms with van der Waals surface area (Å²) in [7, 11) is 1.68. The van der Waals surface area contributed by atoms with E-state index in [1.807, 2.05) is 13.0 Å². The van der Waals surface area contributed by atoms with Gasteiger partial charge in [-0.1, -0.05) is 0 Å². The van der Waals surface area contributed by atoms with E-state index in [1.165, 1.54) is 0 Å². The molecule has 0 spiro atoms. The Morgan fingerprint density at radius 1 is 1.35 bits per heavy atom. The van der Waals surface area contributed by atoms with E-state index in [4.69, 9.17) is 10.00 Å². The van der Waals surface area contributed by atoms with Gasteiger partial charge in [-0.15, -0.1) is 0 Å². The van der Waals surface area contributed by atoms with Crippen LogP contribution in [0, 0.1) is 18.3 Å². The van der Waals surface area contributed by atoms with Gasteiger partial charge in [0, 0.05) is 26.7 Å². The molecule has 0 amide bonds. The van der Waals surface area contributed by atoms with Gasteiger partial charge in [-0.05, 0) is 19.1 Å². The fourth-order valence-corrected chi connectivity index (χ4v) is 1.36. The molecule has 1 heterocycles. The van der Waals surface area contributed by atoms with Crippen molar-refractivity contribution in [2.75, 3.05) is 38.7 Å². The highest BCUT2D eigenvalue weighted by Crippen LogP contribution is 2.08. The maximum absolute atomic E-state index is 8.77. The normalized spacial score (nSPS) is 9.94. The smallest absolute Gasteiger partial charge is 0.126 e. The number of ether oxygens (including phenoxy) is 1. The van der Waals surface area contributed by atoms with Crippen LogP contribution in [0.3, 0.4) is 0 Å². The van der Waals surface area contributed by atoms with E-state index in [2.05, 4.69) is 21.7 Å². The highest BCUT2D eigenvalue weighted by Gasteiger charge is 1.99. The second-order valence-electron chi connectivity index (χ2n) is 3.61. The van der Waals surface area contributed by atoms with E-state index in [0.717, 1.165) is 31.1 Å². The number of methoxy groups -OCH3 is 1. The first-order valence-corrected chi connectivity index (χ1v) is 5.59. The molecule has 0 radical (unpaired) electrons. The number of pyridine rings is 1. The Hall–Kier alpha value is -1.64. The molecule has 0 saturated heterocycles. The van der Waals surface area contributed by atoms with Gasteiger partial charge in [0.05, 0.1) is 17.9 Å². The summed E-state index contributed by atoms with van der Waals surface area (Å²) in [5, 5.41) is 15.2. The van der Waals surface area contributed by atoms with Crippen LogP contribution in [0.4, 0.5) is 5.82 Å². The molecule has 17 heavy (non-hydrogen) atoms. The monoisotopic (exact) mass is 234 g/mol. The van der Waals surface area contributed by atoms with Gasteiger partial charge in [0.15, 0.2) is 0 Å². The molecule has 1 aromatic heterocycles. The van der Waals surface area contributed by atoms with Gasteiger partial charge in [-0.3, -0.25) is 0 Å². The zero-order valence-corrected chi connectivity index (χ0v) is 10.3. The minimum atomic E-state index is 0.619. The highest BCUT2D eigenvalue weighted by atomic mass is 16.5. The minimum absolute atomic E-state index is 0.619. The number of anilines is 1. The zero-order chi connectivity index (χ0) is 12.5. The van der Waals surface area contributed by atoms with Gasteiger partial charge in [0.1, 0.15) is 11.9 Å². The Kier molecular flexibility index (Phi) is 6.00. The van der Waals surface area contributed by atoms with Crippen molar-refractivity contribution >= 4 is 5.82 Å². The molecular weight excluding hydrogens is 216 g/mol. The number of aryl methyl sites for hydroxylation is 1. The molecule has 0 aliphatic carbocycles. The van der Waals surface area contributed by atoms with Crippen molar-refractivity contribution < 1.29 is 4.74 Å². The van der Waals surface area contributed by atoms with Crippen molar-refractivity contribution in [3.05, 3.63) is 23.4 Å². The minimum Gasteiger partial charge on any atom is -0.383 e. The van der Waals surface area contributed by atoms with Crippen LogP contribution >= 0.6 is 0 Å². The van der Waals surface area contributed by atoms with Crippen molar-refractivity contribution in [3.8, 4) is 6.07 Å². The summed E-state index contributed by atoms with van der Waals surface area (Å²) in [6.07, 6.45) is 0. The van der Waals surface area contributed by atoms with Crippen LogP contribution in [0.25, 0.3) is 0 Å². The lowest BCUT2D eigenvalue weighted by molar-refractivity contribution is 0.200. The number of aromatic nitrogens is 1. The number of nitrogens with zero attached hydrogens (tertiary/aromatic N) is 2. The first kappa shape index (κ1) is 13.4. The van der Waals surface area contributed by atoms with Crippen molar-refractivity contribution in [3.63, 3.8) is 0 Å². The van der Waals surface area contributed by atoms with E-state index in [9.17, 15) is 0 Å². The molecular formula is C12H18N4O. The third-order valence-electron chi connectivity index (χ3n) is 2.30. The van der Waals surface area contributed by atoms with Crippen molar-refractivity contribution in [2.45, 2.75) is 6.92 Å². The number of nitrogens with one attached hydrogen (secondary N) is 2. The summed E-state index contributed by atoms with van der Waals surface area (Å²) >= 11 is 0. The average molecular weight is 234 g/mol. The average Bonchev–Trinajstić information content (AvgIpc) is 2.34. The van der Waals surface area contributed by atoms with Crippen LogP contribution in [0.5, 0.6) is 0 Å². The lowest BCUT2D eigenvalue weighted by atomic mass is 10.2. The first-order valence-electron chi connectivity index (χ1n) is 5.59. The lowest BCUT2D eigenvalue weighted by Crippen LogP contribution is -2.25. The van der Waals surface area contributed by atoms with E-state index < -0.39 is 0 Å². The van der Waals surface area contributed by atoms with Crippen LogP contribution in [-0.4, -0.2) is 38.3 Å². The van der Waals surface area contributed by atoms with Crippen LogP contribution < -0.4 is 10.6 Å². The molecule has 0 atom stereocenters. The number of hydrogen-bond acceptors (Lipinski definition) is 5. The standard InChI is InChI=1S/C12H18N4O/c1-10-11(9-13)3-4-12(16-10)15-6-5-14-7-8-17-2/h3-4,14H,5-8H2,1-2H3,(H,15,16). The van der Waals surface area contributed by atoms with E-state index in [-0.39, 0.29) is 0 Å². The summed E-state index contributed by atoms with van der Waals surface area (Å²) in [6, 6.07) is 5.70. The summed E-state index contributed by atoms with van der Waals surface area (Å²) in [6.45, 7) is 5.04. The Bertz CT molecular complexity index is 387. The molecule has 0 unspecified atom stereocenters. The largest absolute Gasteiger partial charge is 0.383 e. The molecule has 0 bridgehead atoms. The molecule has 92 valence electrons. The highest BCUT2D eigenvalue weighted by molar-refractivity contribution is 5.42. The zero-order valence-electron chi connectivity index (χ0n) is 10.3. The molecule has 0 aromatic carbocycles. The summed E-state index contributed by atoms with van der Waals surface area (Å²) in [5.41, 5.74) is 1.37. The number of rotatable bonds is 7. The number of nitriles is 1.